The van der Waals surface area contributed by atoms with Crippen molar-refractivity contribution in [2.45, 2.75) is 0 Å². The molecular formula is C12H6N4O5S. The fraction of sp³-hybridized carbons (Fsp3) is 0. The molecule has 3 aromatic rings. The minimum absolute atomic E-state index is 0.0520. The number of thiophene rings is 1. The van der Waals surface area contributed by atoms with Crippen molar-refractivity contribution in [2.75, 3.05) is 0 Å². The molecule has 0 saturated carbocycles. The highest BCUT2D eigenvalue weighted by atomic mass is 32.1. The van der Waals surface area contributed by atoms with Gasteiger partial charge < -0.3 is 4.52 Å². The number of benzene rings is 1. The Morgan fingerprint density at radius 1 is 1.14 bits per heavy atom. The third kappa shape index (κ3) is 2.42. The Balaban J connectivity index is 2.00. The monoisotopic (exact) mass is 318 g/mol. The Morgan fingerprint density at radius 2 is 1.91 bits per heavy atom. The number of rotatable bonds is 4. The molecule has 3 rings (SSSR count). The summed E-state index contributed by atoms with van der Waals surface area (Å²) in [4.78, 5) is 24.7. The lowest BCUT2D eigenvalue weighted by atomic mass is 10.2. The van der Waals surface area contributed by atoms with Crippen molar-refractivity contribution >= 4 is 22.0 Å². The molecule has 0 aliphatic carbocycles. The van der Waals surface area contributed by atoms with E-state index in [4.69, 9.17) is 4.52 Å². The van der Waals surface area contributed by atoms with Crippen LogP contribution >= 0.6 is 11.3 Å². The summed E-state index contributed by atoms with van der Waals surface area (Å²) in [6, 6.07) is 7.30. The van der Waals surface area contributed by atoms with Gasteiger partial charge in [0.25, 0.3) is 11.6 Å². The fourth-order valence-corrected chi connectivity index (χ4v) is 2.50. The maximum atomic E-state index is 11.0. The maximum absolute atomic E-state index is 11.0. The van der Waals surface area contributed by atoms with Crippen LogP contribution in [0.2, 0.25) is 0 Å². The number of nitro benzene ring substituents is 1. The van der Waals surface area contributed by atoms with Crippen LogP contribution in [-0.4, -0.2) is 20.0 Å². The molecule has 0 unspecified atom stereocenters. The molecule has 2 heterocycles. The molecule has 0 aliphatic rings. The van der Waals surface area contributed by atoms with Gasteiger partial charge in [0, 0.05) is 17.5 Å². The average molecular weight is 318 g/mol. The van der Waals surface area contributed by atoms with E-state index >= 15 is 0 Å². The Morgan fingerprint density at radius 3 is 2.59 bits per heavy atom. The summed E-state index contributed by atoms with van der Waals surface area (Å²) < 4.78 is 5.03. The lowest BCUT2D eigenvalue weighted by molar-refractivity contribution is -0.384. The number of hydrogen-bond acceptors (Lipinski definition) is 8. The van der Waals surface area contributed by atoms with Crippen LogP contribution in [0.15, 0.2) is 40.2 Å². The minimum Gasteiger partial charge on any atom is -0.334 e. The van der Waals surface area contributed by atoms with Crippen LogP contribution in [0.5, 0.6) is 0 Å². The van der Waals surface area contributed by atoms with Crippen LogP contribution in [0.25, 0.3) is 22.8 Å². The van der Waals surface area contributed by atoms with E-state index in [0.717, 1.165) is 11.3 Å². The molecule has 0 aliphatic heterocycles. The first-order chi connectivity index (χ1) is 10.6. The van der Waals surface area contributed by atoms with Gasteiger partial charge in [-0.1, -0.05) is 28.6 Å². The van der Waals surface area contributed by atoms with Gasteiger partial charge in [0.05, 0.1) is 15.4 Å². The zero-order valence-electron chi connectivity index (χ0n) is 10.7. The Bertz CT molecular complexity index is 872. The highest BCUT2D eigenvalue weighted by Crippen LogP contribution is 2.32. The molecule has 0 radical (unpaired) electrons. The quantitative estimate of drug-likeness (QED) is 0.533. The first-order valence-corrected chi connectivity index (χ1v) is 6.75. The highest BCUT2D eigenvalue weighted by Gasteiger charge is 2.21. The molecule has 0 fully saturated rings. The van der Waals surface area contributed by atoms with Gasteiger partial charge in [-0.05, 0) is 6.07 Å². The lowest BCUT2D eigenvalue weighted by Crippen LogP contribution is -1.92. The van der Waals surface area contributed by atoms with Crippen LogP contribution in [0, 0.1) is 20.2 Å². The number of hydrogen-bond donors (Lipinski definition) is 0. The third-order valence-corrected chi connectivity index (χ3v) is 3.66. The summed E-state index contributed by atoms with van der Waals surface area (Å²) in [5, 5.41) is 26.8. The molecule has 2 aromatic heterocycles. The van der Waals surface area contributed by atoms with Crippen molar-refractivity contribution in [3.8, 4) is 22.8 Å². The Kier molecular flexibility index (Phi) is 3.35. The summed E-state index contributed by atoms with van der Waals surface area (Å²) in [6.45, 7) is 0. The van der Waals surface area contributed by atoms with Crippen LogP contribution in [0.4, 0.5) is 10.7 Å². The number of para-hydroxylation sites is 1. The maximum Gasteiger partial charge on any atom is 0.324 e. The van der Waals surface area contributed by atoms with Crippen LogP contribution in [0.3, 0.4) is 0 Å². The summed E-state index contributed by atoms with van der Waals surface area (Å²) >= 11 is 0.931. The second kappa shape index (κ2) is 5.33. The number of nitro groups is 2. The van der Waals surface area contributed by atoms with E-state index in [1.165, 1.54) is 29.6 Å². The van der Waals surface area contributed by atoms with Gasteiger partial charge in [0.2, 0.25) is 5.82 Å². The molecule has 0 spiro atoms. The molecule has 0 saturated heterocycles. The van der Waals surface area contributed by atoms with Crippen molar-refractivity contribution in [2.24, 2.45) is 0 Å². The largest absolute Gasteiger partial charge is 0.334 e. The Labute approximate surface area is 126 Å². The first kappa shape index (κ1) is 13.8. The van der Waals surface area contributed by atoms with Crippen molar-refractivity contribution in [3.05, 3.63) is 55.9 Å². The van der Waals surface area contributed by atoms with Crippen LogP contribution in [-0.2, 0) is 0 Å². The molecule has 1 aromatic carbocycles. The van der Waals surface area contributed by atoms with E-state index < -0.39 is 9.85 Å². The molecule has 9 nitrogen and oxygen atoms in total. The van der Waals surface area contributed by atoms with E-state index in [1.807, 2.05) is 0 Å². The van der Waals surface area contributed by atoms with Gasteiger partial charge in [-0.15, -0.1) is 0 Å². The van der Waals surface area contributed by atoms with Gasteiger partial charge >= 0.3 is 5.00 Å². The molecule has 0 N–H and O–H groups in total. The summed E-state index contributed by atoms with van der Waals surface area (Å²) in [7, 11) is 0. The van der Waals surface area contributed by atoms with E-state index in [9.17, 15) is 20.2 Å². The second-order valence-corrected chi connectivity index (χ2v) is 5.02. The lowest BCUT2D eigenvalue weighted by Gasteiger charge is -1.96. The zero-order valence-corrected chi connectivity index (χ0v) is 11.5. The van der Waals surface area contributed by atoms with Gasteiger partial charge in [0.15, 0.2) is 0 Å². The molecule has 10 heteroatoms. The average Bonchev–Trinajstić information content (AvgIpc) is 3.16. The number of nitrogens with zero attached hydrogens (tertiary/aromatic N) is 4. The highest BCUT2D eigenvalue weighted by molar-refractivity contribution is 7.13. The van der Waals surface area contributed by atoms with E-state index in [2.05, 4.69) is 10.1 Å². The fourth-order valence-electron chi connectivity index (χ4n) is 1.80. The van der Waals surface area contributed by atoms with E-state index in [-0.39, 0.29) is 28.0 Å². The summed E-state index contributed by atoms with van der Waals surface area (Å²) in [5.74, 6) is 0.119. The molecule has 22 heavy (non-hydrogen) atoms. The van der Waals surface area contributed by atoms with E-state index in [0.29, 0.717) is 5.56 Å². The van der Waals surface area contributed by atoms with Crippen LogP contribution in [0.1, 0.15) is 0 Å². The van der Waals surface area contributed by atoms with Crippen molar-refractivity contribution in [3.63, 3.8) is 0 Å². The topological polar surface area (TPSA) is 125 Å². The van der Waals surface area contributed by atoms with Gasteiger partial charge in [-0.25, -0.2) is 0 Å². The summed E-state index contributed by atoms with van der Waals surface area (Å²) in [5.41, 5.74) is 0.465. The van der Waals surface area contributed by atoms with Gasteiger partial charge in [-0.2, -0.15) is 4.98 Å². The standard InChI is InChI=1S/C12H6N4O5S/c17-15(18)9-4-2-1-3-8(9)11-13-12(21-14-11)7-5-10(16(19)20)22-6-7/h1-6H. The summed E-state index contributed by atoms with van der Waals surface area (Å²) in [6.07, 6.45) is 0. The predicted molar refractivity (Wildman–Crippen MR) is 76.4 cm³/mol. The van der Waals surface area contributed by atoms with Crippen molar-refractivity contribution in [1.29, 1.82) is 0 Å². The SMILES string of the molecule is O=[N+]([O-])c1cc(-c2nc(-c3ccccc3[N+](=O)[O-])no2)cs1. The zero-order chi connectivity index (χ0) is 15.7. The smallest absolute Gasteiger partial charge is 0.324 e. The molecule has 0 atom stereocenters. The Hall–Kier alpha value is -3.14. The van der Waals surface area contributed by atoms with Crippen LogP contribution < -0.4 is 0 Å². The molecule has 0 amide bonds. The second-order valence-electron chi connectivity index (χ2n) is 4.13. The molecule has 0 bridgehead atoms. The van der Waals surface area contributed by atoms with E-state index in [1.54, 1.807) is 6.07 Å². The molecule has 110 valence electrons. The van der Waals surface area contributed by atoms with Gasteiger partial charge in [0.1, 0.15) is 5.56 Å². The third-order valence-electron chi connectivity index (χ3n) is 2.78. The predicted octanol–water partition coefficient (Wildman–Crippen LogP) is 3.28. The minimum atomic E-state index is -0.541. The molecular weight excluding hydrogens is 312 g/mol. The number of aromatic nitrogens is 2. The van der Waals surface area contributed by atoms with Crippen molar-refractivity contribution in [1.82, 2.24) is 10.1 Å². The normalized spacial score (nSPS) is 10.5. The first-order valence-electron chi connectivity index (χ1n) is 5.87. The van der Waals surface area contributed by atoms with Gasteiger partial charge in [-0.3, -0.25) is 20.2 Å². The van der Waals surface area contributed by atoms with Crippen molar-refractivity contribution < 1.29 is 14.4 Å².